The van der Waals surface area contributed by atoms with Crippen molar-refractivity contribution in [1.29, 1.82) is 0 Å². The van der Waals surface area contributed by atoms with E-state index in [1.165, 1.54) is 0 Å². The lowest BCUT2D eigenvalue weighted by molar-refractivity contribution is -0.137. The molecule has 1 aromatic rings. The highest BCUT2D eigenvalue weighted by molar-refractivity contribution is 6.41. The van der Waals surface area contributed by atoms with Crippen molar-refractivity contribution >= 4 is 29.1 Å². The first-order chi connectivity index (χ1) is 11.7. The van der Waals surface area contributed by atoms with Crippen molar-refractivity contribution in [3.05, 3.63) is 28.8 Å². The molecule has 0 aliphatic heterocycles. The van der Waals surface area contributed by atoms with Crippen molar-refractivity contribution in [2.45, 2.75) is 45.7 Å². The highest BCUT2D eigenvalue weighted by Crippen LogP contribution is 2.33. The van der Waals surface area contributed by atoms with Crippen molar-refractivity contribution in [3.8, 4) is 0 Å². The van der Waals surface area contributed by atoms with Gasteiger partial charge in [-0.3, -0.25) is 9.59 Å². The Kier molecular flexibility index (Phi) is 8.22. The predicted molar refractivity (Wildman–Crippen MR) is 91.4 cm³/mol. The third-order valence-electron chi connectivity index (χ3n) is 3.84. The number of alkyl halides is 3. The monoisotopic (exact) mass is 378 g/mol. The van der Waals surface area contributed by atoms with Gasteiger partial charge in [0.25, 0.3) is 0 Å². The van der Waals surface area contributed by atoms with E-state index in [1.54, 1.807) is 0 Å². The summed E-state index contributed by atoms with van der Waals surface area (Å²) in [6.45, 7) is 4.41. The molecule has 0 aromatic heterocycles. The van der Waals surface area contributed by atoms with Gasteiger partial charge in [0, 0.05) is 6.54 Å². The molecule has 0 aliphatic rings. The minimum absolute atomic E-state index is 0.0801. The first kappa shape index (κ1) is 21.3. The zero-order valence-electron chi connectivity index (χ0n) is 14.2. The molecule has 1 aromatic carbocycles. The number of halogens is 4. The van der Waals surface area contributed by atoms with Gasteiger partial charge in [0.2, 0.25) is 0 Å². The van der Waals surface area contributed by atoms with Crippen LogP contribution in [0.15, 0.2) is 18.2 Å². The molecule has 0 saturated heterocycles. The summed E-state index contributed by atoms with van der Waals surface area (Å²) in [5.41, 5.74) is -1.21. The predicted octanol–water partition coefficient (Wildman–Crippen LogP) is 4.63. The molecule has 0 saturated carbocycles. The average Bonchev–Trinajstić information content (AvgIpc) is 2.55. The van der Waals surface area contributed by atoms with Crippen molar-refractivity contribution in [2.24, 2.45) is 5.92 Å². The highest BCUT2D eigenvalue weighted by atomic mass is 35.5. The molecule has 25 heavy (non-hydrogen) atoms. The molecule has 2 amide bonds. The molecule has 4 nitrogen and oxygen atoms in total. The van der Waals surface area contributed by atoms with Gasteiger partial charge in [-0.1, -0.05) is 44.7 Å². The van der Waals surface area contributed by atoms with Crippen LogP contribution >= 0.6 is 11.6 Å². The summed E-state index contributed by atoms with van der Waals surface area (Å²) >= 11 is 5.79. The zero-order valence-corrected chi connectivity index (χ0v) is 14.9. The Labute approximate surface area is 150 Å². The Hall–Kier alpha value is -1.76. The molecule has 0 bridgehead atoms. The first-order valence-corrected chi connectivity index (χ1v) is 8.52. The van der Waals surface area contributed by atoms with Crippen LogP contribution in [0.4, 0.5) is 18.9 Å². The molecule has 0 unspecified atom stereocenters. The Morgan fingerprint density at radius 3 is 2.44 bits per heavy atom. The number of nitrogens with one attached hydrogen (secondary N) is 2. The van der Waals surface area contributed by atoms with E-state index in [4.69, 9.17) is 11.6 Å². The van der Waals surface area contributed by atoms with Crippen LogP contribution in [0.3, 0.4) is 0 Å². The van der Waals surface area contributed by atoms with Crippen LogP contribution in [0.2, 0.25) is 5.02 Å². The minimum Gasteiger partial charge on any atom is -0.348 e. The Bertz CT molecular complexity index is 606. The number of rotatable bonds is 7. The summed E-state index contributed by atoms with van der Waals surface area (Å²) in [6.07, 6.45) is -0.699. The Morgan fingerprint density at radius 2 is 1.88 bits per heavy atom. The van der Waals surface area contributed by atoms with Crippen LogP contribution in [0.25, 0.3) is 0 Å². The third-order valence-corrected chi connectivity index (χ3v) is 4.17. The van der Waals surface area contributed by atoms with Crippen LogP contribution in [0.5, 0.6) is 0 Å². The Balaban J connectivity index is 2.67. The number of hydrogen-bond acceptors (Lipinski definition) is 2. The minimum atomic E-state index is -4.57. The molecular weight excluding hydrogens is 357 g/mol. The fraction of sp³-hybridized carbons (Fsp3) is 0.529. The van der Waals surface area contributed by atoms with Crippen molar-refractivity contribution in [3.63, 3.8) is 0 Å². The van der Waals surface area contributed by atoms with E-state index in [9.17, 15) is 22.8 Å². The standard InChI is InChI=1S/C17H22ClF3N2O2/c1-3-5-6-11(4-2)10-22-15(24)16(25)23-14-9-12(17(19,20)21)7-8-13(14)18/h7-9,11H,3-6,10H2,1-2H3,(H,22,24)(H,23,25)/t11-/m0/s1. The molecule has 2 N–H and O–H groups in total. The van der Waals surface area contributed by atoms with Gasteiger partial charge in [-0.2, -0.15) is 13.2 Å². The summed E-state index contributed by atoms with van der Waals surface area (Å²) in [6, 6.07) is 2.52. The number of benzene rings is 1. The second kappa shape index (κ2) is 9.65. The summed E-state index contributed by atoms with van der Waals surface area (Å²) in [7, 11) is 0. The van der Waals surface area contributed by atoms with Crippen molar-refractivity contribution < 1.29 is 22.8 Å². The maximum absolute atomic E-state index is 12.7. The number of carbonyl (C=O) groups is 2. The molecular formula is C17H22ClF3N2O2. The van der Waals surface area contributed by atoms with Crippen LogP contribution in [0.1, 0.15) is 45.1 Å². The normalized spacial score (nSPS) is 12.6. The highest BCUT2D eigenvalue weighted by Gasteiger charge is 2.31. The van der Waals surface area contributed by atoms with Crippen molar-refractivity contribution in [1.82, 2.24) is 5.32 Å². The number of amides is 2. The van der Waals surface area contributed by atoms with Gasteiger partial charge in [-0.15, -0.1) is 0 Å². The van der Waals surface area contributed by atoms with Gasteiger partial charge < -0.3 is 10.6 Å². The van der Waals surface area contributed by atoms with Gasteiger partial charge in [-0.05, 0) is 30.5 Å². The number of carbonyl (C=O) groups excluding carboxylic acids is 2. The molecule has 1 rings (SSSR count). The number of hydrogen-bond donors (Lipinski definition) is 2. The molecule has 140 valence electrons. The summed E-state index contributed by atoms with van der Waals surface area (Å²) < 4.78 is 38.1. The van der Waals surface area contributed by atoms with E-state index in [2.05, 4.69) is 17.6 Å². The quantitative estimate of drug-likeness (QED) is 0.679. The van der Waals surface area contributed by atoms with Gasteiger partial charge in [0.1, 0.15) is 0 Å². The summed E-state index contributed by atoms with van der Waals surface area (Å²) in [5, 5.41) is 4.56. The smallest absolute Gasteiger partial charge is 0.348 e. The molecule has 0 spiro atoms. The molecule has 1 atom stereocenters. The van der Waals surface area contributed by atoms with Crippen molar-refractivity contribution in [2.75, 3.05) is 11.9 Å². The lowest BCUT2D eigenvalue weighted by atomic mass is 9.99. The van der Waals surface area contributed by atoms with Crippen LogP contribution in [-0.2, 0) is 15.8 Å². The van der Waals surface area contributed by atoms with Crippen LogP contribution in [-0.4, -0.2) is 18.4 Å². The van der Waals surface area contributed by atoms with Crippen LogP contribution < -0.4 is 10.6 Å². The lowest BCUT2D eigenvalue weighted by Crippen LogP contribution is -2.38. The fourth-order valence-corrected chi connectivity index (χ4v) is 2.40. The fourth-order valence-electron chi connectivity index (χ4n) is 2.24. The van der Waals surface area contributed by atoms with E-state index in [0.717, 1.165) is 37.8 Å². The second-order valence-corrected chi connectivity index (χ2v) is 6.18. The van der Waals surface area contributed by atoms with E-state index in [0.29, 0.717) is 12.6 Å². The van der Waals surface area contributed by atoms with Crippen LogP contribution in [0, 0.1) is 5.92 Å². The maximum Gasteiger partial charge on any atom is 0.416 e. The maximum atomic E-state index is 12.7. The van der Waals surface area contributed by atoms with E-state index >= 15 is 0 Å². The number of unbranched alkanes of at least 4 members (excludes halogenated alkanes) is 1. The van der Waals surface area contributed by atoms with Gasteiger partial charge >= 0.3 is 18.0 Å². The van der Waals surface area contributed by atoms with E-state index < -0.39 is 23.6 Å². The van der Waals surface area contributed by atoms with Gasteiger partial charge in [0.15, 0.2) is 0 Å². The number of anilines is 1. The molecule has 8 heteroatoms. The summed E-state index contributed by atoms with van der Waals surface area (Å²) in [5.74, 6) is -1.69. The lowest BCUT2D eigenvalue weighted by Gasteiger charge is -2.15. The molecule has 0 heterocycles. The summed E-state index contributed by atoms with van der Waals surface area (Å²) in [4.78, 5) is 23.7. The average molecular weight is 379 g/mol. The van der Waals surface area contributed by atoms with Gasteiger partial charge in [-0.25, -0.2) is 0 Å². The topological polar surface area (TPSA) is 58.2 Å². The largest absolute Gasteiger partial charge is 0.416 e. The molecule has 0 aliphatic carbocycles. The van der Waals surface area contributed by atoms with Gasteiger partial charge in [0.05, 0.1) is 16.3 Å². The third kappa shape index (κ3) is 6.94. The van der Waals surface area contributed by atoms with E-state index in [1.807, 2.05) is 6.92 Å². The SMILES string of the molecule is CCCC[C@H](CC)CNC(=O)C(=O)Nc1cc(C(F)(F)F)ccc1Cl. The molecule has 0 fully saturated rings. The zero-order chi connectivity index (χ0) is 19.0. The molecule has 0 radical (unpaired) electrons. The van der Waals surface area contributed by atoms with E-state index in [-0.39, 0.29) is 16.6 Å². The first-order valence-electron chi connectivity index (χ1n) is 8.14. The Morgan fingerprint density at radius 1 is 1.20 bits per heavy atom. The second-order valence-electron chi connectivity index (χ2n) is 5.77.